The fraction of sp³-hybridized carbons (Fsp3) is 0.250. The molecule has 0 bridgehead atoms. The maximum absolute atomic E-state index is 12.2. The SMILES string of the molecule is CC(NC(=O)c1ccc(S(C)(=O)=O)s1)c1ccc(OCC(=O)O)cc1. The van der Waals surface area contributed by atoms with Gasteiger partial charge in [-0.15, -0.1) is 11.3 Å². The maximum Gasteiger partial charge on any atom is 0.341 e. The van der Waals surface area contributed by atoms with Gasteiger partial charge in [0.2, 0.25) is 0 Å². The summed E-state index contributed by atoms with van der Waals surface area (Å²) in [6.45, 7) is 1.36. The summed E-state index contributed by atoms with van der Waals surface area (Å²) in [6, 6.07) is 9.25. The minimum atomic E-state index is -3.33. The van der Waals surface area contributed by atoms with Crippen LogP contribution in [-0.2, 0) is 14.6 Å². The second kappa shape index (κ2) is 7.66. The summed E-state index contributed by atoms with van der Waals surface area (Å²) in [5, 5.41) is 11.4. The van der Waals surface area contributed by atoms with Gasteiger partial charge in [-0.3, -0.25) is 4.79 Å². The number of carbonyl (C=O) groups excluding carboxylic acids is 1. The van der Waals surface area contributed by atoms with Crippen LogP contribution in [-0.4, -0.2) is 38.3 Å². The number of carboxylic acids is 1. The first-order valence-corrected chi connectivity index (χ1v) is 9.93. The van der Waals surface area contributed by atoms with Crippen molar-refractivity contribution in [1.82, 2.24) is 5.32 Å². The van der Waals surface area contributed by atoms with Crippen LogP contribution in [0.15, 0.2) is 40.6 Å². The highest BCUT2D eigenvalue weighted by Crippen LogP contribution is 2.23. The Balaban J connectivity index is 2.01. The molecular formula is C16H17NO6S2. The Morgan fingerprint density at radius 1 is 1.20 bits per heavy atom. The summed E-state index contributed by atoms with van der Waals surface area (Å²) in [4.78, 5) is 23.0. The number of hydrogen-bond acceptors (Lipinski definition) is 6. The molecule has 0 spiro atoms. The van der Waals surface area contributed by atoms with Gasteiger partial charge in [0, 0.05) is 6.26 Å². The molecule has 0 saturated carbocycles. The minimum Gasteiger partial charge on any atom is -0.482 e. The monoisotopic (exact) mass is 383 g/mol. The van der Waals surface area contributed by atoms with Gasteiger partial charge in [-0.1, -0.05) is 12.1 Å². The van der Waals surface area contributed by atoms with Crippen LogP contribution >= 0.6 is 11.3 Å². The lowest BCUT2D eigenvalue weighted by atomic mass is 10.1. The van der Waals surface area contributed by atoms with Crippen molar-refractivity contribution in [3.8, 4) is 5.75 Å². The summed E-state index contributed by atoms with van der Waals surface area (Å²) >= 11 is 0.921. The number of carbonyl (C=O) groups is 2. The highest BCUT2D eigenvalue weighted by atomic mass is 32.2. The van der Waals surface area contributed by atoms with E-state index in [0.717, 1.165) is 23.2 Å². The molecule has 1 atom stereocenters. The molecule has 0 fully saturated rings. The lowest BCUT2D eigenvalue weighted by Crippen LogP contribution is -2.25. The van der Waals surface area contributed by atoms with E-state index < -0.39 is 22.4 Å². The molecule has 1 aromatic heterocycles. The van der Waals surface area contributed by atoms with Gasteiger partial charge in [0.05, 0.1) is 10.9 Å². The standard InChI is InChI=1S/C16H17NO6S2/c1-10(11-3-5-12(6-4-11)23-9-14(18)19)17-16(20)13-7-8-15(24-13)25(2,21)22/h3-8,10H,9H2,1-2H3,(H,17,20)(H,18,19). The van der Waals surface area contributed by atoms with Crippen LogP contribution in [0.3, 0.4) is 0 Å². The van der Waals surface area contributed by atoms with Crippen LogP contribution in [0.2, 0.25) is 0 Å². The number of carboxylic acid groups (broad SMARTS) is 1. The van der Waals surface area contributed by atoms with Gasteiger partial charge in [0.15, 0.2) is 16.4 Å². The second-order valence-corrected chi connectivity index (χ2v) is 8.66. The largest absolute Gasteiger partial charge is 0.482 e. The number of nitrogens with one attached hydrogen (secondary N) is 1. The Morgan fingerprint density at radius 2 is 1.84 bits per heavy atom. The first-order chi connectivity index (χ1) is 11.7. The number of sulfone groups is 1. The average molecular weight is 383 g/mol. The lowest BCUT2D eigenvalue weighted by Gasteiger charge is -2.14. The first-order valence-electron chi connectivity index (χ1n) is 7.22. The van der Waals surface area contributed by atoms with Crippen LogP contribution in [0.4, 0.5) is 0 Å². The third-order valence-corrected chi connectivity index (χ3v) is 6.16. The number of rotatable bonds is 7. The molecule has 7 nitrogen and oxygen atoms in total. The number of amides is 1. The van der Waals surface area contributed by atoms with Gasteiger partial charge in [-0.25, -0.2) is 13.2 Å². The zero-order valence-corrected chi connectivity index (χ0v) is 15.2. The van der Waals surface area contributed by atoms with E-state index in [1.807, 2.05) is 0 Å². The van der Waals surface area contributed by atoms with Gasteiger partial charge >= 0.3 is 5.97 Å². The van der Waals surface area contributed by atoms with Gasteiger partial charge < -0.3 is 15.2 Å². The van der Waals surface area contributed by atoms with E-state index in [1.165, 1.54) is 12.1 Å². The normalized spacial score (nSPS) is 12.4. The summed E-state index contributed by atoms with van der Waals surface area (Å²) in [5.74, 6) is -1.01. The fourth-order valence-electron chi connectivity index (χ4n) is 1.99. The third-order valence-electron chi connectivity index (χ3n) is 3.26. The summed E-state index contributed by atoms with van der Waals surface area (Å²) in [5.41, 5.74) is 0.802. The molecule has 1 unspecified atom stereocenters. The molecule has 25 heavy (non-hydrogen) atoms. The molecule has 9 heteroatoms. The summed E-state index contributed by atoms with van der Waals surface area (Å²) in [6.07, 6.45) is 1.09. The molecule has 0 radical (unpaired) electrons. The second-order valence-electron chi connectivity index (χ2n) is 5.34. The van der Waals surface area contributed by atoms with Crippen molar-refractivity contribution in [3.63, 3.8) is 0 Å². The van der Waals surface area contributed by atoms with Gasteiger partial charge in [-0.05, 0) is 36.8 Å². The van der Waals surface area contributed by atoms with Crippen molar-refractivity contribution < 1.29 is 27.9 Å². The molecule has 134 valence electrons. The highest BCUT2D eigenvalue weighted by Gasteiger charge is 2.17. The summed E-state index contributed by atoms with van der Waals surface area (Å²) in [7, 11) is -3.33. The van der Waals surface area contributed by atoms with Gasteiger partial charge in [0.25, 0.3) is 5.91 Å². The number of aliphatic carboxylic acids is 1. The van der Waals surface area contributed by atoms with Crippen LogP contribution in [0.25, 0.3) is 0 Å². The van der Waals surface area contributed by atoms with E-state index >= 15 is 0 Å². The van der Waals surface area contributed by atoms with E-state index in [0.29, 0.717) is 10.6 Å². The van der Waals surface area contributed by atoms with Gasteiger partial charge in [-0.2, -0.15) is 0 Å². The van der Waals surface area contributed by atoms with E-state index in [2.05, 4.69) is 5.32 Å². The topological polar surface area (TPSA) is 110 Å². The van der Waals surface area contributed by atoms with Crippen molar-refractivity contribution in [1.29, 1.82) is 0 Å². The van der Waals surface area contributed by atoms with Crippen LogP contribution < -0.4 is 10.1 Å². The molecule has 2 aromatic rings. The fourth-order valence-corrected chi connectivity index (χ4v) is 3.82. The Kier molecular flexibility index (Phi) is 5.81. The quantitative estimate of drug-likeness (QED) is 0.758. The van der Waals surface area contributed by atoms with E-state index in [1.54, 1.807) is 31.2 Å². The lowest BCUT2D eigenvalue weighted by molar-refractivity contribution is -0.139. The maximum atomic E-state index is 12.2. The van der Waals surface area contributed by atoms with E-state index in [4.69, 9.17) is 9.84 Å². The zero-order chi connectivity index (χ0) is 18.6. The molecule has 1 amide bonds. The number of thiophene rings is 1. The molecule has 0 aliphatic rings. The first kappa shape index (κ1) is 18.9. The van der Waals surface area contributed by atoms with E-state index in [9.17, 15) is 18.0 Å². The molecule has 0 saturated heterocycles. The van der Waals surface area contributed by atoms with Crippen molar-refractivity contribution in [2.45, 2.75) is 17.2 Å². The smallest absolute Gasteiger partial charge is 0.341 e. The number of ether oxygens (including phenoxy) is 1. The van der Waals surface area contributed by atoms with Crippen molar-refractivity contribution in [2.75, 3.05) is 12.9 Å². The number of hydrogen-bond donors (Lipinski definition) is 2. The average Bonchev–Trinajstić information content (AvgIpc) is 3.03. The molecule has 2 rings (SSSR count). The Hall–Kier alpha value is -2.39. The predicted octanol–water partition coefficient (Wildman–Crippen LogP) is 2.11. The molecule has 1 heterocycles. The number of benzene rings is 1. The van der Waals surface area contributed by atoms with Crippen molar-refractivity contribution in [3.05, 3.63) is 46.8 Å². The molecule has 1 aromatic carbocycles. The Labute approximate surface area is 149 Å². The van der Waals surface area contributed by atoms with Crippen LogP contribution in [0.5, 0.6) is 5.75 Å². The molecule has 0 aliphatic heterocycles. The van der Waals surface area contributed by atoms with Crippen molar-refractivity contribution >= 4 is 33.1 Å². The van der Waals surface area contributed by atoms with E-state index in [-0.39, 0.29) is 16.2 Å². The Bertz CT molecular complexity index is 870. The predicted molar refractivity (Wildman–Crippen MR) is 92.9 cm³/mol. The highest BCUT2D eigenvalue weighted by molar-refractivity contribution is 7.92. The van der Waals surface area contributed by atoms with Crippen LogP contribution in [0.1, 0.15) is 28.2 Å². The van der Waals surface area contributed by atoms with Gasteiger partial charge in [0.1, 0.15) is 9.96 Å². The van der Waals surface area contributed by atoms with Crippen molar-refractivity contribution in [2.24, 2.45) is 0 Å². The van der Waals surface area contributed by atoms with Crippen LogP contribution in [0, 0.1) is 0 Å². The molecule has 0 aliphatic carbocycles. The Morgan fingerprint density at radius 3 is 2.36 bits per heavy atom. The minimum absolute atomic E-state index is 0.144. The summed E-state index contributed by atoms with van der Waals surface area (Å²) < 4.78 is 28.1. The molecule has 2 N–H and O–H groups in total. The third kappa shape index (κ3) is 5.30. The molecular weight excluding hydrogens is 366 g/mol. The zero-order valence-electron chi connectivity index (χ0n) is 13.6.